The van der Waals surface area contributed by atoms with Gasteiger partial charge in [-0.15, -0.1) is 0 Å². The molecular formula is C21H21F3N8O2S. The summed E-state index contributed by atoms with van der Waals surface area (Å²) in [6.45, 7) is 0.474. The Labute approximate surface area is 198 Å². The molecule has 0 atom stereocenters. The average Bonchev–Trinajstić information content (AvgIpc) is 3.41. The third kappa shape index (κ3) is 4.01. The van der Waals surface area contributed by atoms with Crippen molar-refractivity contribution in [3.05, 3.63) is 48.5 Å². The highest BCUT2D eigenvalue weighted by Crippen LogP contribution is 2.35. The molecule has 4 heterocycles. The number of piperazine rings is 1. The van der Waals surface area contributed by atoms with Crippen molar-refractivity contribution in [2.75, 3.05) is 31.1 Å². The normalized spacial score (nSPS) is 15.7. The van der Waals surface area contributed by atoms with E-state index in [0.717, 1.165) is 22.0 Å². The van der Waals surface area contributed by atoms with Crippen molar-refractivity contribution in [2.45, 2.75) is 11.1 Å². The number of benzene rings is 1. The van der Waals surface area contributed by atoms with Gasteiger partial charge >= 0.3 is 6.18 Å². The maximum atomic E-state index is 13.4. The van der Waals surface area contributed by atoms with Crippen molar-refractivity contribution in [2.24, 2.45) is 14.1 Å². The Kier molecular flexibility index (Phi) is 5.51. The number of aryl methyl sites for hydroxylation is 2. The summed E-state index contributed by atoms with van der Waals surface area (Å²) >= 11 is 0. The zero-order valence-corrected chi connectivity index (χ0v) is 19.6. The summed E-state index contributed by atoms with van der Waals surface area (Å²) in [7, 11) is -0.701. The second-order valence-corrected chi connectivity index (χ2v) is 10.1. The molecule has 0 aliphatic carbocycles. The molecule has 184 valence electrons. The van der Waals surface area contributed by atoms with Crippen molar-refractivity contribution in [1.82, 2.24) is 33.6 Å². The molecule has 0 unspecified atom stereocenters. The Bertz CT molecular complexity index is 1500. The molecule has 0 spiro atoms. The van der Waals surface area contributed by atoms with Crippen molar-refractivity contribution < 1.29 is 21.6 Å². The van der Waals surface area contributed by atoms with E-state index < -0.39 is 26.7 Å². The number of rotatable bonds is 4. The predicted octanol–water partition coefficient (Wildman–Crippen LogP) is 2.29. The first-order valence-electron chi connectivity index (χ1n) is 10.6. The van der Waals surface area contributed by atoms with Gasteiger partial charge in [0.15, 0.2) is 17.0 Å². The summed E-state index contributed by atoms with van der Waals surface area (Å²) in [5.74, 6) is 1.19. The summed E-state index contributed by atoms with van der Waals surface area (Å²) in [5.41, 5.74) is 0.783. The molecule has 1 aromatic carbocycles. The van der Waals surface area contributed by atoms with Crippen LogP contribution in [0.3, 0.4) is 0 Å². The first-order chi connectivity index (χ1) is 16.6. The van der Waals surface area contributed by atoms with E-state index in [0.29, 0.717) is 22.8 Å². The van der Waals surface area contributed by atoms with Gasteiger partial charge in [-0.1, -0.05) is 12.1 Å². The Hall–Kier alpha value is -3.52. The number of alkyl halides is 3. The molecule has 3 aromatic heterocycles. The average molecular weight is 507 g/mol. The van der Waals surface area contributed by atoms with Gasteiger partial charge in [-0.2, -0.15) is 22.6 Å². The fourth-order valence-corrected chi connectivity index (χ4v) is 5.85. The molecule has 0 saturated carbocycles. The quantitative estimate of drug-likeness (QED) is 0.419. The van der Waals surface area contributed by atoms with Crippen LogP contribution in [0.1, 0.15) is 5.56 Å². The van der Waals surface area contributed by atoms with Crippen LogP contribution < -0.4 is 4.90 Å². The predicted molar refractivity (Wildman–Crippen MR) is 121 cm³/mol. The van der Waals surface area contributed by atoms with Gasteiger partial charge in [0.25, 0.3) is 0 Å². The number of nitrogens with zero attached hydrogens (tertiary/aromatic N) is 8. The smallest absolute Gasteiger partial charge is 0.352 e. The second-order valence-electron chi connectivity index (χ2n) is 8.15. The van der Waals surface area contributed by atoms with Crippen LogP contribution in [0, 0.1) is 0 Å². The lowest BCUT2D eigenvalue weighted by Crippen LogP contribution is -2.49. The van der Waals surface area contributed by atoms with Gasteiger partial charge in [0.2, 0.25) is 10.0 Å². The lowest BCUT2D eigenvalue weighted by Gasteiger charge is -2.35. The van der Waals surface area contributed by atoms with Crippen molar-refractivity contribution in [3.63, 3.8) is 0 Å². The molecule has 0 amide bonds. The van der Waals surface area contributed by atoms with Crippen LogP contribution in [-0.4, -0.2) is 68.2 Å². The minimum absolute atomic E-state index is 0.00230. The molecule has 1 aliphatic heterocycles. The first kappa shape index (κ1) is 23.2. The minimum Gasteiger partial charge on any atom is -0.352 e. The van der Waals surface area contributed by atoms with Gasteiger partial charge in [0.1, 0.15) is 12.2 Å². The van der Waals surface area contributed by atoms with Crippen LogP contribution in [0.25, 0.3) is 22.6 Å². The van der Waals surface area contributed by atoms with Crippen molar-refractivity contribution in [1.29, 1.82) is 0 Å². The molecule has 0 N–H and O–H groups in total. The molecular weight excluding hydrogens is 485 g/mol. The van der Waals surface area contributed by atoms with Crippen LogP contribution in [0.15, 0.2) is 47.9 Å². The Morgan fingerprint density at radius 3 is 2.37 bits per heavy atom. The van der Waals surface area contributed by atoms with Gasteiger partial charge < -0.3 is 9.47 Å². The molecule has 1 saturated heterocycles. The van der Waals surface area contributed by atoms with Gasteiger partial charge in [0.05, 0.1) is 22.2 Å². The topological polar surface area (TPSA) is 102 Å². The summed E-state index contributed by atoms with van der Waals surface area (Å²) in [4.78, 5) is 14.6. The van der Waals surface area contributed by atoms with E-state index in [1.807, 2.05) is 22.7 Å². The number of halogens is 3. The van der Waals surface area contributed by atoms with Gasteiger partial charge in [-0.25, -0.2) is 23.4 Å². The maximum Gasteiger partial charge on any atom is 0.417 e. The number of fused-ring (bicyclic) bond motifs is 1. The van der Waals surface area contributed by atoms with Gasteiger partial charge in [0, 0.05) is 46.5 Å². The second kappa shape index (κ2) is 8.30. The number of aromatic nitrogens is 6. The fraction of sp³-hybridized carbons (Fsp3) is 0.333. The zero-order chi connectivity index (χ0) is 25.0. The molecule has 14 heteroatoms. The van der Waals surface area contributed by atoms with Gasteiger partial charge in [-0.3, -0.25) is 4.68 Å². The highest BCUT2D eigenvalue weighted by atomic mass is 32.2. The van der Waals surface area contributed by atoms with E-state index in [1.165, 1.54) is 18.5 Å². The highest BCUT2D eigenvalue weighted by Gasteiger charge is 2.39. The molecule has 5 rings (SSSR count). The van der Waals surface area contributed by atoms with Crippen LogP contribution in [0.5, 0.6) is 0 Å². The number of hydrogen-bond donors (Lipinski definition) is 0. The first-order valence-corrected chi connectivity index (χ1v) is 12.1. The molecule has 4 aromatic rings. The lowest BCUT2D eigenvalue weighted by atomic mass is 10.2. The van der Waals surface area contributed by atoms with Crippen LogP contribution in [-0.2, 0) is 30.3 Å². The van der Waals surface area contributed by atoms with E-state index in [9.17, 15) is 21.6 Å². The molecule has 0 bridgehead atoms. The maximum absolute atomic E-state index is 13.4. The lowest BCUT2D eigenvalue weighted by molar-refractivity contribution is -0.139. The summed E-state index contributed by atoms with van der Waals surface area (Å²) < 4.78 is 71.0. The Morgan fingerprint density at radius 1 is 1.00 bits per heavy atom. The van der Waals surface area contributed by atoms with E-state index in [-0.39, 0.29) is 26.2 Å². The van der Waals surface area contributed by atoms with Gasteiger partial charge in [-0.05, 0) is 12.1 Å². The summed E-state index contributed by atoms with van der Waals surface area (Å²) in [6.07, 6.45) is 0.158. The van der Waals surface area contributed by atoms with Crippen LogP contribution in [0.4, 0.5) is 19.0 Å². The van der Waals surface area contributed by atoms with E-state index in [4.69, 9.17) is 4.98 Å². The SMILES string of the molecule is Cn1cc(-c2nc3c(N4CCN(S(=O)(=O)c5ccccc5C(F)(F)F)CC4)ncnc3n2C)cn1. The number of sulfonamides is 1. The fourth-order valence-electron chi connectivity index (χ4n) is 4.22. The molecule has 1 fully saturated rings. The molecule has 1 aliphatic rings. The third-order valence-corrected chi connectivity index (χ3v) is 7.91. The largest absolute Gasteiger partial charge is 0.417 e. The van der Waals surface area contributed by atoms with E-state index >= 15 is 0 Å². The molecule has 0 radical (unpaired) electrons. The summed E-state index contributed by atoms with van der Waals surface area (Å²) in [6, 6.07) is 4.23. The highest BCUT2D eigenvalue weighted by molar-refractivity contribution is 7.89. The van der Waals surface area contributed by atoms with Crippen LogP contribution >= 0.6 is 0 Å². The Balaban J connectivity index is 1.42. The number of anilines is 1. The number of imidazole rings is 1. The van der Waals surface area contributed by atoms with Crippen molar-refractivity contribution in [3.8, 4) is 11.4 Å². The standard InChI is InChI=1S/C21H21F3N8O2S/c1-29-12-14(11-27-29)18-28-17-19(30(18)2)25-13-26-20(17)31-7-9-32(10-8-31)35(33,34)16-6-4-3-5-15(16)21(22,23)24/h3-6,11-13H,7-10H2,1-2H3. The molecule has 35 heavy (non-hydrogen) atoms. The van der Waals surface area contributed by atoms with E-state index in [1.54, 1.807) is 17.9 Å². The van der Waals surface area contributed by atoms with Crippen LogP contribution in [0.2, 0.25) is 0 Å². The minimum atomic E-state index is -4.77. The number of hydrogen-bond acceptors (Lipinski definition) is 7. The summed E-state index contributed by atoms with van der Waals surface area (Å²) in [5, 5.41) is 4.18. The van der Waals surface area contributed by atoms with Crippen molar-refractivity contribution >= 4 is 27.0 Å². The van der Waals surface area contributed by atoms with E-state index in [2.05, 4.69) is 15.1 Å². The zero-order valence-electron chi connectivity index (χ0n) is 18.8. The Morgan fingerprint density at radius 2 is 1.71 bits per heavy atom. The monoisotopic (exact) mass is 506 g/mol. The molecule has 10 nitrogen and oxygen atoms in total. The third-order valence-electron chi connectivity index (χ3n) is 5.95.